The first-order chi connectivity index (χ1) is 5.81. The Morgan fingerprint density at radius 1 is 1.58 bits per heavy atom. The molecule has 0 saturated heterocycles. The topological polar surface area (TPSA) is 35.2 Å². The SMILES string of the molecule is NCC1COc2cc(Cl)ccc21. The van der Waals surface area contributed by atoms with Gasteiger partial charge < -0.3 is 10.5 Å². The van der Waals surface area contributed by atoms with Gasteiger partial charge in [-0.15, -0.1) is 0 Å². The standard InChI is InChI=1S/C9H10ClNO/c10-7-1-2-8-6(4-11)5-12-9(8)3-7/h1-3,6H,4-5,11H2. The Bertz CT molecular complexity index is 301. The van der Waals surface area contributed by atoms with Crippen LogP contribution in [0, 0.1) is 0 Å². The smallest absolute Gasteiger partial charge is 0.124 e. The molecule has 0 radical (unpaired) electrons. The number of fused-ring (bicyclic) bond motifs is 1. The highest BCUT2D eigenvalue weighted by Gasteiger charge is 2.22. The van der Waals surface area contributed by atoms with Gasteiger partial charge in [0.15, 0.2) is 0 Å². The van der Waals surface area contributed by atoms with E-state index in [1.165, 1.54) is 5.56 Å². The maximum atomic E-state index is 5.80. The van der Waals surface area contributed by atoms with Crippen LogP contribution in [0.3, 0.4) is 0 Å². The van der Waals surface area contributed by atoms with Crippen LogP contribution in [-0.4, -0.2) is 13.2 Å². The molecule has 1 aliphatic rings. The summed E-state index contributed by atoms with van der Waals surface area (Å²) in [5.41, 5.74) is 6.76. The van der Waals surface area contributed by atoms with Gasteiger partial charge in [-0.1, -0.05) is 17.7 Å². The van der Waals surface area contributed by atoms with Gasteiger partial charge in [-0.2, -0.15) is 0 Å². The summed E-state index contributed by atoms with van der Waals surface area (Å²) >= 11 is 5.80. The minimum atomic E-state index is 0.345. The monoisotopic (exact) mass is 183 g/mol. The Morgan fingerprint density at radius 3 is 3.17 bits per heavy atom. The van der Waals surface area contributed by atoms with Crippen molar-refractivity contribution in [3.05, 3.63) is 28.8 Å². The molecule has 0 spiro atoms. The summed E-state index contributed by atoms with van der Waals surface area (Å²) in [6.07, 6.45) is 0. The van der Waals surface area contributed by atoms with Crippen LogP contribution in [0.1, 0.15) is 11.5 Å². The van der Waals surface area contributed by atoms with Crippen molar-refractivity contribution in [2.24, 2.45) is 5.73 Å². The normalized spacial score (nSPS) is 20.3. The quantitative estimate of drug-likeness (QED) is 0.721. The number of hydrogen-bond acceptors (Lipinski definition) is 2. The molecular formula is C9H10ClNO. The summed E-state index contributed by atoms with van der Waals surface area (Å²) in [7, 11) is 0. The van der Waals surface area contributed by atoms with E-state index in [1.54, 1.807) is 0 Å². The van der Waals surface area contributed by atoms with E-state index in [0.29, 0.717) is 24.1 Å². The van der Waals surface area contributed by atoms with Crippen molar-refractivity contribution < 1.29 is 4.74 Å². The zero-order valence-electron chi connectivity index (χ0n) is 6.59. The zero-order valence-corrected chi connectivity index (χ0v) is 7.34. The van der Waals surface area contributed by atoms with E-state index in [4.69, 9.17) is 22.1 Å². The molecule has 1 aromatic carbocycles. The van der Waals surface area contributed by atoms with Crippen LogP contribution in [0.25, 0.3) is 0 Å². The number of hydrogen-bond donors (Lipinski definition) is 1. The van der Waals surface area contributed by atoms with Crippen molar-refractivity contribution in [1.82, 2.24) is 0 Å². The van der Waals surface area contributed by atoms with E-state index < -0.39 is 0 Å². The molecule has 0 saturated carbocycles. The first kappa shape index (κ1) is 7.90. The molecule has 1 heterocycles. The van der Waals surface area contributed by atoms with E-state index >= 15 is 0 Å². The van der Waals surface area contributed by atoms with E-state index in [-0.39, 0.29) is 0 Å². The van der Waals surface area contributed by atoms with Crippen LogP contribution >= 0.6 is 11.6 Å². The van der Waals surface area contributed by atoms with Gasteiger partial charge in [0.05, 0.1) is 6.61 Å². The van der Waals surface area contributed by atoms with Gasteiger partial charge in [-0.05, 0) is 12.1 Å². The summed E-state index contributed by atoms with van der Waals surface area (Å²) in [5.74, 6) is 1.23. The molecular weight excluding hydrogens is 174 g/mol. The molecule has 1 aliphatic heterocycles. The molecule has 1 atom stereocenters. The Morgan fingerprint density at radius 2 is 2.42 bits per heavy atom. The van der Waals surface area contributed by atoms with Crippen molar-refractivity contribution in [2.45, 2.75) is 5.92 Å². The predicted molar refractivity (Wildman–Crippen MR) is 48.7 cm³/mol. The van der Waals surface area contributed by atoms with Crippen LogP contribution in [0.15, 0.2) is 18.2 Å². The van der Waals surface area contributed by atoms with Gasteiger partial charge >= 0.3 is 0 Å². The van der Waals surface area contributed by atoms with Crippen LogP contribution in [-0.2, 0) is 0 Å². The molecule has 0 amide bonds. The van der Waals surface area contributed by atoms with Crippen molar-refractivity contribution in [3.63, 3.8) is 0 Å². The third-order valence-corrected chi connectivity index (χ3v) is 2.38. The third kappa shape index (κ3) is 1.17. The molecule has 1 unspecified atom stereocenters. The lowest BCUT2D eigenvalue weighted by Gasteiger charge is -2.02. The lowest BCUT2D eigenvalue weighted by Crippen LogP contribution is -2.13. The maximum absolute atomic E-state index is 5.80. The molecule has 3 heteroatoms. The van der Waals surface area contributed by atoms with Crippen LogP contribution in [0.4, 0.5) is 0 Å². The number of nitrogens with two attached hydrogens (primary N) is 1. The maximum Gasteiger partial charge on any atom is 0.124 e. The molecule has 0 fully saturated rings. The van der Waals surface area contributed by atoms with E-state index in [9.17, 15) is 0 Å². The lowest BCUT2D eigenvalue weighted by atomic mass is 10.0. The average Bonchev–Trinajstić information content (AvgIpc) is 2.46. The summed E-state index contributed by atoms with van der Waals surface area (Å²) in [4.78, 5) is 0. The average molecular weight is 184 g/mol. The highest BCUT2D eigenvalue weighted by atomic mass is 35.5. The Labute approximate surface area is 76.3 Å². The first-order valence-electron chi connectivity index (χ1n) is 3.93. The molecule has 0 bridgehead atoms. The molecule has 64 valence electrons. The fraction of sp³-hybridized carbons (Fsp3) is 0.333. The van der Waals surface area contributed by atoms with E-state index in [2.05, 4.69) is 0 Å². The summed E-state index contributed by atoms with van der Waals surface area (Å²) < 4.78 is 5.42. The molecule has 0 aliphatic carbocycles. The van der Waals surface area contributed by atoms with Gasteiger partial charge in [0.2, 0.25) is 0 Å². The Kier molecular flexibility index (Phi) is 1.95. The number of ether oxygens (including phenoxy) is 1. The Hall–Kier alpha value is -0.730. The van der Waals surface area contributed by atoms with Crippen molar-refractivity contribution in [2.75, 3.05) is 13.2 Å². The highest BCUT2D eigenvalue weighted by Crippen LogP contribution is 2.34. The minimum absolute atomic E-state index is 0.345. The van der Waals surface area contributed by atoms with Crippen LogP contribution in [0.2, 0.25) is 5.02 Å². The lowest BCUT2D eigenvalue weighted by molar-refractivity contribution is 0.333. The fourth-order valence-electron chi connectivity index (χ4n) is 1.45. The zero-order chi connectivity index (χ0) is 8.55. The highest BCUT2D eigenvalue weighted by molar-refractivity contribution is 6.30. The summed E-state index contributed by atoms with van der Waals surface area (Å²) in [5, 5.41) is 0.714. The van der Waals surface area contributed by atoms with E-state index in [0.717, 1.165) is 5.75 Å². The molecule has 12 heavy (non-hydrogen) atoms. The minimum Gasteiger partial charge on any atom is -0.493 e. The summed E-state index contributed by atoms with van der Waals surface area (Å²) in [6.45, 7) is 1.32. The predicted octanol–water partition coefficient (Wildman–Crippen LogP) is 1.77. The number of benzene rings is 1. The second-order valence-corrected chi connectivity index (χ2v) is 3.36. The Balaban J connectivity index is 2.40. The first-order valence-corrected chi connectivity index (χ1v) is 4.31. The van der Waals surface area contributed by atoms with Crippen LogP contribution < -0.4 is 10.5 Å². The van der Waals surface area contributed by atoms with Crippen molar-refractivity contribution >= 4 is 11.6 Å². The summed E-state index contributed by atoms with van der Waals surface area (Å²) in [6, 6.07) is 5.70. The number of rotatable bonds is 1. The molecule has 2 N–H and O–H groups in total. The van der Waals surface area contributed by atoms with Gasteiger partial charge in [0.1, 0.15) is 5.75 Å². The second kappa shape index (κ2) is 2.96. The van der Waals surface area contributed by atoms with Gasteiger partial charge in [0, 0.05) is 23.0 Å². The van der Waals surface area contributed by atoms with Crippen LogP contribution in [0.5, 0.6) is 5.75 Å². The molecule has 2 rings (SSSR count). The fourth-order valence-corrected chi connectivity index (χ4v) is 1.61. The van der Waals surface area contributed by atoms with E-state index in [1.807, 2.05) is 18.2 Å². The van der Waals surface area contributed by atoms with Crippen molar-refractivity contribution in [3.8, 4) is 5.75 Å². The molecule has 0 aromatic heterocycles. The van der Waals surface area contributed by atoms with Gasteiger partial charge in [-0.25, -0.2) is 0 Å². The molecule has 2 nitrogen and oxygen atoms in total. The second-order valence-electron chi connectivity index (χ2n) is 2.93. The van der Waals surface area contributed by atoms with Crippen molar-refractivity contribution in [1.29, 1.82) is 0 Å². The third-order valence-electron chi connectivity index (χ3n) is 2.14. The number of halogens is 1. The van der Waals surface area contributed by atoms with Gasteiger partial charge in [0.25, 0.3) is 0 Å². The van der Waals surface area contributed by atoms with Gasteiger partial charge in [-0.3, -0.25) is 0 Å². The molecule has 1 aromatic rings. The largest absolute Gasteiger partial charge is 0.493 e.